The van der Waals surface area contributed by atoms with Crippen LogP contribution in [0.1, 0.15) is 6.92 Å². The number of carbonyl (C=O) groups excluding carboxylic acids is 1. The molecule has 0 aliphatic heterocycles. The fraction of sp³-hybridized carbons (Fsp3) is 0.125. The molecular formula is C8H6F2N2O3. The third-order valence-corrected chi connectivity index (χ3v) is 1.56. The van der Waals surface area contributed by atoms with E-state index in [4.69, 9.17) is 0 Å². The van der Waals surface area contributed by atoms with Crippen molar-refractivity contribution in [3.05, 3.63) is 33.9 Å². The lowest BCUT2D eigenvalue weighted by Gasteiger charge is -2.04. The molecule has 1 aromatic carbocycles. The molecule has 0 heterocycles. The number of anilines is 1. The van der Waals surface area contributed by atoms with Gasteiger partial charge in [0.1, 0.15) is 0 Å². The van der Waals surface area contributed by atoms with Gasteiger partial charge in [-0.15, -0.1) is 0 Å². The molecule has 0 aromatic heterocycles. The summed E-state index contributed by atoms with van der Waals surface area (Å²) in [5, 5.41) is 12.3. The number of nitro benzene ring substituents is 1. The summed E-state index contributed by atoms with van der Waals surface area (Å²) < 4.78 is 26.0. The fourth-order valence-electron chi connectivity index (χ4n) is 1.01. The van der Waals surface area contributed by atoms with Crippen LogP contribution >= 0.6 is 0 Å². The van der Waals surface area contributed by atoms with Crippen molar-refractivity contribution in [2.24, 2.45) is 0 Å². The summed E-state index contributed by atoms with van der Waals surface area (Å²) in [5.74, 6) is -2.98. The van der Waals surface area contributed by atoms with E-state index in [1.165, 1.54) is 0 Å². The molecule has 80 valence electrons. The normalized spacial score (nSPS) is 9.80. The summed E-state index contributed by atoms with van der Waals surface area (Å²) in [7, 11) is 0. The Labute approximate surface area is 82.9 Å². The zero-order valence-corrected chi connectivity index (χ0v) is 7.58. The van der Waals surface area contributed by atoms with Crippen LogP contribution in [0.15, 0.2) is 12.1 Å². The number of rotatable bonds is 2. The Morgan fingerprint density at radius 3 is 2.40 bits per heavy atom. The van der Waals surface area contributed by atoms with Crippen molar-refractivity contribution in [1.29, 1.82) is 0 Å². The summed E-state index contributed by atoms with van der Waals surface area (Å²) in [6.07, 6.45) is 0. The first kappa shape index (κ1) is 11.0. The Bertz CT molecular complexity index is 434. The van der Waals surface area contributed by atoms with Gasteiger partial charge in [-0.3, -0.25) is 14.9 Å². The predicted octanol–water partition coefficient (Wildman–Crippen LogP) is 1.83. The first-order valence-electron chi connectivity index (χ1n) is 3.83. The molecule has 0 aliphatic rings. The molecule has 1 N–H and O–H groups in total. The van der Waals surface area contributed by atoms with Crippen molar-refractivity contribution in [3.8, 4) is 0 Å². The van der Waals surface area contributed by atoms with E-state index in [0.717, 1.165) is 6.92 Å². The van der Waals surface area contributed by atoms with E-state index < -0.39 is 33.8 Å². The van der Waals surface area contributed by atoms with Crippen molar-refractivity contribution < 1.29 is 18.5 Å². The van der Waals surface area contributed by atoms with Gasteiger partial charge in [-0.05, 0) is 12.1 Å². The summed E-state index contributed by atoms with van der Waals surface area (Å²) in [6, 6.07) is 1.33. The summed E-state index contributed by atoms with van der Waals surface area (Å²) >= 11 is 0. The summed E-state index contributed by atoms with van der Waals surface area (Å²) in [6.45, 7) is 1.04. The molecule has 0 unspecified atom stereocenters. The minimum Gasteiger partial charge on any atom is -0.318 e. The van der Waals surface area contributed by atoms with Crippen LogP contribution in [0.5, 0.6) is 0 Å². The van der Waals surface area contributed by atoms with Crippen molar-refractivity contribution in [1.82, 2.24) is 0 Å². The third kappa shape index (κ3) is 2.25. The molecule has 0 radical (unpaired) electrons. The minimum atomic E-state index is -1.20. The Morgan fingerprint density at radius 2 is 1.93 bits per heavy atom. The van der Waals surface area contributed by atoms with Gasteiger partial charge >= 0.3 is 5.69 Å². The molecule has 0 saturated heterocycles. The topological polar surface area (TPSA) is 72.2 Å². The van der Waals surface area contributed by atoms with Crippen LogP contribution in [0.4, 0.5) is 20.2 Å². The van der Waals surface area contributed by atoms with Gasteiger partial charge in [0.05, 0.1) is 4.92 Å². The molecule has 0 spiro atoms. The standard InChI is InChI=1S/C8H6F2N2O3/c1-4(13)11-7-5(9)2-3-6(10)8(7)12(14)15/h2-3H,1H3,(H,11,13). The fourth-order valence-corrected chi connectivity index (χ4v) is 1.01. The second-order valence-electron chi connectivity index (χ2n) is 2.69. The third-order valence-electron chi connectivity index (χ3n) is 1.56. The van der Waals surface area contributed by atoms with E-state index in [9.17, 15) is 23.7 Å². The summed E-state index contributed by atoms with van der Waals surface area (Å²) in [5.41, 5.74) is -1.84. The molecule has 0 saturated carbocycles. The van der Waals surface area contributed by atoms with E-state index in [1.54, 1.807) is 0 Å². The van der Waals surface area contributed by atoms with Crippen LogP contribution < -0.4 is 5.32 Å². The van der Waals surface area contributed by atoms with Gasteiger partial charge in [0.25, 0.3) is 0 Å². The average molecular weight is 216 g/mol. The van der Waals surface area contributed by atoms with Crippen LogP contribution in [0.2, 0.25) is 0 Å². The van der Waals surface area contributed by atoms with Crippen LogP contribution in [0, 0.1) is 21.7 Å². The molecule has 0 atom stereocenters. The van der Waals surface area contributed by atoms with E-state index in [0.29, 0.717) is 12.1 Å². The van der Waals surface area contributed by atoms with Gasteiger partial charge in [0, 0.05) is 6.92 Å². The number of hydrogen-bond donors (Lipinski definition) is 1. The second kappa shape index (κ2) is 3.99. The van der Waals surface area contributed by atoms with Gasteiger partial charge in [0.2, 0.25) is 11.7 Å². The smallest absolute Gasteiger partial charge is 0.318 e. The highest BCUT2D eigenvalue weighted by Crippen LogP contribution is 2.30. The van der Waals surface area contributed by atoms with E-state index in [2.05, 4.69) is 0 Å². The molecule has 0 aliphatic carbocycles. The molecule has 1 aromatic rings. The Kier molecular flexibility index (Phi) is 2.93. The van der Waals surface area contributed by atoms with Crippen LogP contribution in [0.3, 0.4) is 0 Å². The highest BCUT2D eigenvalue weighted by atomic mass is 19.1. The number of halogens is 2. The predicted molar refractivity (Wildman–Crippen MR) is 47.3 cm³/mol. The maximum Gasteiger partial charge on any atom is 0.331 e. The zero-order valence-electron chi connectivity index (χ0n) is 7.58. The molecule has 1 rings (SSSR count). The molecule has 1 amide bonds. The van der Waals surface area contributed by atoms with Crippen LogP contribution in [-0.4, -0.2) is 10.8 Å². The maximum atomic E-state index is 13.1. The minimum absolute atomic E-state index is 0.624. The lowest BCUT2D eigenvalue weighted by Crippen LogP contribution is -2.10. The lowest BCUT2D eigenvalue weighted by molar-refractivity contribution is -0.386. The molecular weight excluding hydrogens is 210 g/mol. The van der Waals surface area contributed by atoms with Crippen molar-refractivity contribution in [3.63, 3.8) is 0 Å². The number of benzene rings is 1. The highest BCUT2D eigenvalue weighted by Gasteiger charge is 2.24. The summed E-state index contributed by atoms with van der Waals surface area (Å²) in [4.78, 5) is 20.0. The van der Waals surface area contributed by atoms with Crippen molar-refractivity contribution in [2.75, 3.05) is 5.32 Å². The van der Waals surface area contributed by atoms with Gasteiger partial charge in [-0.2, -0.15) is 4.39 Å². The molecule has 0 fully saturated rings. The largest absolute Gasteiger partial charge is 0.331 e. The highest BCUT2D eigenvalue weighted by molar-refractivity contribution is 5.91. The molecule has 7 heteroatoms. The quantitative estimate of drug-likeness (QED) is 0.605. The van der Waals surface area contributed by atoms with E-state index >= 15 is 0 Å². The molecule has 15 heavy (non-hydrogen) atoms. The SMILES string of the molecule is CC(=O)Nc1c(F)ccc(F)c1[N+](=O)[O-]. The number of hydrogen-bond acceptors (Lipinski definition) is 3. The number of carbonyl (C=O) groups is 1. The number of nitrogens with one attached hydrogen (secondary N) is 1. The Balaban J connectivity index is 3.38. The van der Waals surface area contributed by atoms with E-state index in [-0.39, 0.29) is 0 Å². The average Bonchev–Trinajstić information content (AvgIpc) is 2.10. The molecule has 0 bridgehead atoms. The van der Waals surface area contributed by atoms with Crippen molar-refractivity contribution >= 4 is 17.3 Å². The number of amides is 1. The Morgan fingerprint density at radius 1 is 1.40 bits per heavy atom. The monoisotopic (exact) mass is 216 g/mol. The van der Waals surface area contributed by atoms with Gasteiger partial charge in [0.15, 0.2) is 11.5 Å². The van der Waals surface area contributed by atoms with Gasteiger partial charge in [-0.1, -0.05) is 0 Å². The maximum absolute atomic E-state index is 13.1. The number of nitrogens with zero attached hydrogens (tertiary/aromatic N) is 1. The number of nitro groups is 1. The Hall–Kier alpha value is -2.05. The first-order valence-corrected chi connectivity index (χ1v) is 3.83. The van der Waals surface area contributed by atoms with Gasteiger partial charge in [-0.25, -0.2) is 4.39 Å². The second-order valence-corrected chi connectivity index (χ2v) is 2.69. The zero-order chi connectivity index (χ0) is 11.6. The van der Waals surface area contributed by atoms with E-state index in [1.807, 2.05) is 5.32 Å². The van der Waals surface area contributed by atoms with Crippen molar-refractivity contribution in [2.45, 2.75) is 6.92 Å². The van der Waals surface area contributed by atoms with Crippen LogP contribution in [0.25, 0.3) is 0 Å². The van der Waals surface area contributed by atoms with Crippen LogP contribution in [-0.2, 0) is 4.79 Å². The first-order chi connectivity index (χ1) is 6.93. The molecule has 5 nitrogen and oxygen atoms in total. The van der Waals surface area contributed by atoms with Gasteiger partial charge < -0.3 is 5.32 Å². The lowest BCUT2D eigenvalue weighted by atomic mass is 10.2.